The minimum Gasteiger partial charge on any atom is -0.449 e. The molecule has 5 nitrogen and oxygen atoms in total. The van der Waals surface area contributed by atoms with E-state index in [9.17, 15) is 9.59 Å². The number of hydrogen-bond donors (Lipinski definition) is 1. The van der Waals surface area contributed by atoms with Crippen molar-refractivity contribution in [3.8, 4) is 0 Å². The van der Waals surface area contributed by atoms with E-state index >= 15 is 0 Å². The van der Waals surface area contributed by atoms with Crippen LogP contribution >= 0.6 is 0 Å². The summed E-state index contributed by atoms with van der Waals surface area (Å²) in [5, 5.41) is 3.05. The van der Waals surface area contributed by atoms with E-state index in [1.54, 1.807) is 4.90 Å². The highest BCUT2D eigenvalue weighted by Crippen LogP contribution is 2.16. The Morgan fingerprint density at radius 1 is 1.25 bits per heavy atom. The Balaban J connectivity index is 2.29. The van der Waals surface area contributed by atoms with Crippen molar-refractivity contribution < 1.29 is 14.3 Å². The molecule has 0 aromatic carbocycles. The van der Waals surface area contributed by atoms with Crippen LogP contribution in [0.25, 0.3) is 0 Å². The number of nitrogens with zero attached hydrogens (tertiary/aromatic N) is 1. The van der Waals surface area contributed by atoms with E-state index in [0.29, 0.717) is 19.7 Å². The second-order valence-electron chi connectivity index (χ2n) is 6.45. The molecule has 0 saturated carbocycles. The predicted octanol–water partition coefficient (Wildman–Crippen LogP) is 2.55. The van der Waals surface area contributed by atoms with E-state index in [1.165, 1.54) is 0 Å². The first-order valence-corrected chi connectivity index (χ1v) is 7.57. The smallest absolute Gasteiger partial charge is 0.409 e. The minimum absolute atomic E-state index is 0.0708. The number of ether oxygens (including phenoxy) is 1. The van der Waals surface area contributed by atoms with Crippen molar-refractivity contribution in [1.82, 2.24) is 10.2 Å². The third-order valence-electron chi connectivity index (χ3n) is 3.49. The first kappa shape index (κ1) is 16.8. The summed E-state index contributed by atoms with van der Waals surface area (Å²) in [6.45, 7) is 9.58. The fourth-order valence-electron chi connectivity index (χ4n) is 2.00. The molecule has 0 aromatic heterocycles. The predicted molar refractivity (Wildman–Crippen MR) is 78.4 cm³/mol. The third-order valence-corrected chi connectivity index (χ3v) is 3.49. The van der Waals surface area contributed by atoms with Crippen molar-refractivity contribution in [2.75, 3.05) is 19.7 Å². The van der Waals surface area contributed by atoms with Crippen LogP contribution in [0, 0.1) is 5.41 Å². The zero-order valence-corrected chi connectivity index (χ0v) is 13.2. The van der Waals surface area contributed by atoms with E-state index in [0.717, 1.165) is 25.7 Å². The fourth-order valence-corrected chi connectivity index (χ4v) is 2.00. The Kier molecular flexibility index (Phi) is 6.30. The highest BCUT2D eigenvalue weighted by Gasteiger charge is 2.28. The summed E-state index contributed by atoms with van der Waals surface area (Å²) in [7, 11) is 0. The monoisotopic (exact) mass is 284 g/mol. The molecule has 0 unspecified atom stereocenters. The Bertz CT molecular complexity index is 329. The summed E-state index contributed by atoms with van der Waals surface area (Å²) in [6.07, 6.45) is 3.30. The number of unbranched alkanes of at least 4 members (excludes halogenated alkanes) is 1. The first-order chi connectivity index (χ1) is 9.34. The van der Waals surface area contributed by atoms with Gasteiger partial charge < -0.3 is 15.0 Å². The number of rotatable bonds is 4. The molecule has 1 aliphatic rings. The van der Waals surface area contributed by atoms with Gasteiger partial charge in [0.25, 0.3) is 0 Å². The molecule has 1 fully saturated rings. The quantitative estimate of drug-likeness (QED) is 0.807. The van der Waals surface area contributed by atoms with E-state index in [4.69, 9.17) is 4.74 Å². The molecule has 1 rings (SSSR count). The topological polar surface area (TPSA) is 58.6 Å². The maximum Gasteiger partial charge on any atom is 0.409 e. The SMILES string of the molecule is CCCCOC(=O)N1CCC(NC(=O)C(C)(C)C)CC1. The van der Waals surface area contributed by atoms with Crippen LogP contribution in [0.4, 0.5) is 4.79 Å². The molecule has 0 aromatic rings. The standard InChI is InChI=1S/C15H28N2O3/c1-5-6-11-20-14(19)17-9-7-12(8-10-17)16-13(18)15(2,3)4/h12H,5-11H2,1-4H3,(H,16,18). The Hall–Kier alpha value is -1.26. The molecule has 2 amide bonds. The van der Waals surface area contributed by atoms with Crippen molar-refractivity contribution >= 4 is 12.0 Å². The summed E-state index contributed by atoms with van der Waals surface area (Å²) in [6, 6.07) is 0.168. The van der Waals surface area contributed by atoms with Gasteiger partial charge >= 0.3 is 6.09 Å². The molecule has 0 spiro atoms. The average molecular weight is 284 g/mol. The zero-order valence-electron chi connectivity index (χ0n) is 13.2. The lowest BCUT2D eigenvalue weighted by molar-refractivity contribution is -0.129. The fraction of sp³-hybridized carbons (Fsp3) is 0.867. The van der Waals surface area contributed by atoms with Crippen LogP contribution in [0.2, 0.25) is 0 Å². The molecular weight excluding hydrogens is 256 g/mol. The number of likely N-dealkylation sites (tertiary alicyclic amines) is 1. The molecule has 0 radical (unpaired) electrons. The summed E-state index contributed by atoms with van der Waals surface area (Å²) in [5.41, 5.74) is -0.365. The normalized spacial score (nSPS) is 16.9. The molecule has 1 heterocycles. The molecular formula is C15H28N2O3. The van der Waals surface area contributed by atoms with Gasteiger partial charge in [0, 0.05) is 24.5 Å². The average Bonchev–Trinajstić information content (AvgIpc) is 2.38. The second kappa shape index (κ2) is 7.50. The molecule has 1 saturated heterocycles. The number of amides is 2. The van der Waals surface area contributed by atoms with Crippen molar-refractivity contribution in [1.29, 1.82) is 0 Å². The van der Waals surface area contributed by atoms with Gasteiger partial charge in [0.15, 0.2) is 0 Å². The lowest BCUT2D eigenvalue weighted by Gasteiger charge is -2.33. The maximum atomic E-state index is 11.9. The molecule has 116 valence electrons. The number of carbonyl (C=O) groups is 2. The molecule has 0 atom stereocenters. The van der Waals surface area contributed by atoms with Crippen molar-refractivity contribution in [2.24, 2.45) is 5.41 Å². The van der Waals surface area contributed by atoms with Gasteiger partial charge in [-0.25, -0.2) is 4.79 Å². The lowest BCUT2D eigenvalue weighted by atomic mass is 9.94. The van der Waals surface area contributed by atoms with E-state index in [2.05, 4.69) is 12.2 Å². The van der Waals surface area contributed by atoms with Crippen LogP contribution in [0.5, 0.6) is 0 Å². The summed E-state index contributed by atoms with van der Waals surface area (Å²) in [5.74, 6) is 0.0708. The molecule has 20 heavy (non-hydrogen) atoms. The number of piperidine rings is 1. The van der Waals surface area contributed by atoms with Crippen LogP contribution in [-0.4, -0.2) is 42.6 Å². The van der Waals surface area contributed by atoms with Crippen LogP contribution in [-0.2, 0) is 9.53 Å². The van der Waals surface area contributed by atoms with Gasteiger partial charge in [-0.15, -0.1) is 0 Å². The molecule has 1 aliphatic heterocycles. The van der Waals surface area contributed by atoms with Crippen LogP contribution in [0.3, 0.4) is 0 Å². The van der Waals surface area contributed by atoms with Gasteiger partial charge in [-0.2, -0.15) is 0 Å². The van der Waals surface area contributed by atoms with E-state index in [-0.39, 0.29) is 23.5 Å². The highest BCUT2D eigenvalue weighted by molar-refractivity contribution is 5.81. The van der Waals surface area contributed by atoms with Crippen LogP contribution in [0.1, 0.15) is 53.4 Å². The summed E-state index contributed by atoms with van der Waals surface area (Å²) < 4.78 is 5.19. The number of hydrogen-bond acceptors (Lipinski definition) is 3. The Labute approximate surface area is 122 Å². The van der Waals surface area contributed by atoms with Gasteiger partial charge in [-0.1, -0.05) is 34.1 Å². The molecule has 1 N–H and O–H groups in total. The van der Waals surface area contributed by atoms with Gasteiger partial charge in [0.05, 0.1) is 6.61 Å². The van der Waals surface area contributed by atoms with Gasteiger partial charge in [-0.3, -0.25) is 4.79 Å². The lowest BCUT2D eigenvalue weighted by Crippen LogP contribution is -2.49. The van der Waals surface area contributed by atoms with Crippen molar-refractivity contribution in [3.63, 3.8) is 0 Å². The van der Waals surface area contributed by atoms with Crippen molar-refractivity contribution in [3.05, 3.63) is 0 Å². The van der Waals surface area contributed by atoms with Gasteiger partial charge in [0.2, 0.25) is 5.91 Å². The van der Waals surface area contributed by atoms with E-state index < -0.39 is 0 Å². The first-order valence-electron chi connectivity index (χ1n) is 7.57. The third kappa shape index (κ3) is 5.39. The molecule has 0 aliphatic carbocycles. The Morgan fingerprint density at radius 3 is 2.35 bits per heavy atom. The highest BCUT2D eigenvalue weighted by atomic mass is 16.6. The summed E-state index contributed by atoms with van der Waals surface area (Å²) in [4.78, 5) is 25.4. The second-order valence-corrected chi connectivity index (χ2v) is 6.45. The number of carbonyl (C=O) groups excluding carboxylic acids is 2. The van der Waals surface area contributed by atoms with Gasteiger partial charge in [0.1, 0.15) is 0 Å². The largest absolute Gasteiger partial charge is 0.449 e. The minimum atomic E-state index is -0.365. The number of nitrogens with one attached hydrogen (secondary N) is 1. The molecule has 0 bridgehead atoms. The summed E-state index contributed by atoms with van der Waals surface area (Å²) >= 11 is 0. The zero-order chi connectivity index (χ0) is 15.2. The van der Waals surface area contributed by atoms with Gasteiger partial charge in [-0.05, 0) is 19.3 Å². The molecule has 5 heteroatoms. The maximum absolute atomic E-state index is 11.9. The van der Waals surface area contributed by atoms with E-state index in [1.807, 2.05) is 20.8 Å². The van der Waals surface area contributed by atoms with Crippen LogP contribution in [0.15, 0.2) is 0 Å². The van der Waals surface area contributed by atoms with Crippen molar-refractivity contribution in [2.45, 2.75) is 59.4 Å². The Morgan fingerprint density at radius 2 is 1.85 bits per heavy atom. The van der Waals surface area contributed by atoms with Crippen LogP contribution < -0.4 is 5.32 Å².